The number of rotatable bonds is 4. The lowest BCUT2D eigenvalue weighted by Gasteiger charge is -2.11. The number of amides is 1. The Balaban J connectivity index is 2.27. The van der Waals surface area contributed by atoms with Crippen LogP contribution in [0.5, 0.6) is 0 Å². The number of hydrogen-bond acceptors (Lipinski definition) is 4. The van der Waals surface area contributed by atoms with Gasteiger partial charge in [0, 0.05) is 6.54 Å². The van der Waals surface area contributed by atoms with Crippen molar-refractivity contribution >= 4 is 34.5 Å². The van der Waals surface area contributed by atoms with Crippen LogP contribution in [0, 0.1) is 5.92 Å². The molecule has 3 unspecified atom stereocenters. The van der Waals surface area contributed by atoms with Gasteiger partial charge in [-0.1, -0.05) is 22.6 Å². The van der Waals surface area contributed by atoms with Gasteiger partial charge in [0.15, 0.2) is 0 Å². The van der Waals surface area contributed by atoms with Gasteiger partial charge < -0.3 is 14.8 Å². The first-order chi connectivity index (χ1) is 7.54. The predicted octanol–water partition coefficient (Wildman–Crippen LogP) is 0.504. The Morgan fingerprint density at radius 2 is 2.31 bits per heavy atom. The van der Waals surface area contributed by atoms with E-state index in [1.807, 2.05) is 29.5 Å². The molecule has 0 aromatic heterocycles. The molecule has 1 amide bonds. The Morgan fingerprint density at radius 3 is 2.81 bits per heavy atom. The van der Waals surface area contributed by atoms with Gasteiger partial charge in [-0.25, -0.2) is 0 Å². The lowest BCUT2D eigenvalue weighted by atomic mass is 10.1. The minimum absolute atomic E-state index is 0.0464. The maximum Gasteiger partial charge on any atom is 0.320 e. The fraction of sp³-hybridized carbons (Fsp3) is 0.800. The van der Waals surface area contributed by atoms with Crippen LogP contribution >= 0.6 is 22.6 Å². The van der Waals surface area contributed by atoms with Crippen molar-refractivity contribution in [2.24, 2.45) is 5.92 Å². The summed E-state index contributed by atoms with van der Waals surface area (Å²) in [5, 5.41) is 2.73. The van der Waals surface area contributed by atoms with E-state index >= 15 is 0 Å². The van der Waals surface area contributed by atoms with Crippen molar-refractivity contribution in [3.05, 3.63) is 0 Å². The molecule has 0 spiro atoms. The zero-order valence-corrected chi connectivity index (χ0v) is 11.5. The van der Waals surface area contributed by atoms with E-state index in [1.165, 1.54) is 7.11 Å². The first kappa shape index (κ1) is 13.7. The van der Waals surface area contributed by atoms with E-state index < -0.39 is 0 Å². The highest BCUT2D eigenvalue weighted by Crippen LogP contribution is 2.18. The molecule has 0 aliphatic carbocycles. The molecule has 0 aromatic rings. The maximum atomic E-state index is 11.7. The first-order valence-corrected chi connectivity index (χ1v) is 6.40. The Kier molecular flexibility index (Phi) is 5.47. The van der Waals surface area contributed by atoms with Crippen molar-refractivity contribution in [1.29, 1.82) is 0 Å². The molecule has 92 valence electrons. The summed E-state index contributed by atoms with van der Waals surface area (Å²) in [5.41, 5.74) is 0. The molecule has 1 fully saturated rings. The van der Waals surface area contributed by atoms with Crippen LogP contribution in [0.1, 0.15) is 13.3 Å². The van der Waals surface area contributed by atoms with Crippen LogP contribution in [0.15, 0.2) is 0 Å². The SMILES string of the molecule is COC(=O)C(I)CNC(=O)C1COC(C)C1. The minimum Gasteiger partial charge on any atom is -0.468 e. The normalized spacial score (nSPS) is 26.2. The second kappa shape index (κ2) is 6.39. The van der Waals surface area contributed by atoms with Crippen LogP contribution in [0.2, 0.25) is 0 Å². The fourth-order valence-electron chi connectivity index (χ4n) is 1.55. The number of carbonyl (C=O) groups excluding carboxylic acids is 2. The van der Waals surface area contributed by atoms with E-state index in [9.17, 15) is 9.59 Å². The fourth-order valence-corrected chi connectivity index (χ4v) is 2.02. The molecular weight excluding hydrogens is 325 g/mol. The number of nitrogens with one attached hydrogen (secondary N) is 1. The largest absolute Gasteiger partial charge is 0.468 e. The van der Waals surface area contributed by atoms with E-state index in [0.717, 1.165) is 6.42 Å². The van der Waals surface area contributed by atoms with Crippen LogP contribution in [-0.4, -0.2) is 42.2 Å². The first-order valence-electron chi connectivity index (χ1n) is 5.15. The standard InChI is InChI=1S/C10H16INO4/c1-6-3-7(5-16-6)9(13)12-4-8(11)10(14)15-2/h6-8H,3-5H2,1-2H3,(H,12,13). The highest BCUT2D eigenvalue weighted by Gasteiger charge is 2.28. The summed E-state index contributed by atoms with van der Waals surface area (Å²) in [6.45, 7) is 2.72. The number of carbonyl (C=O) groups is 2. The number of ether oxygens (including phenoxy) is 2. The smallest absolute Gasteiger partial charge is 0.320 e. The molecule has 0 bridgehead atoms. The molecule has 5 nitrogen and oxygen atoms in total. The van der Waals surface area contributed by atoms with Gasteiger partial charge >= 0.3 is 5.97 Å². The van der Waals surface area contributed by atoms with Crippen LogP contribution in [0.25, 0.3) is 0 Å². The number of halogens is 1. The van der Waals surface area contributed by atoms with Crippen molar-refractivity contribution in [1.82, 2.24) is 5.32 Å². The molecule has 1 aliphatic rings. The molecule has 0 radical (unpaired) electrons. The van der Waals surface area contributed by atoms with Crippen LogP contribution in [0.3, 0.4) is 0 Å². The van der Waals surface area contributed by atoms with Crippen LogP contribution < -0.4 is 5.32 Å². The van der Waals surface area contributed by atoms with Crippen molar-refractivity contribution in [2.45, 2.75) is 23.4 Å². The quantitative estimate of drug-likeness (QED) is 0.460. The van der Waals surface area contributed by atoms with Crippen molar-refractivity contribution in [3.8, 4) is 0 Å². The average Bonchev–Trinajstić information content (AvgIpc) is 2.71. The predicted molar refractivity (Wildman–Crippen MR) is 66.4 cm³/mol. The molecule has 1 N–H and O–H groups in total. The summed E-state index contributed by atoms with van der Waals surface area (Å²) >= 11 is 1.95. The Hall–Kier alpha value is -0.370. The molecule has 1 aliphatic heterocycles. The maximum absolute atomic E-state index is 11.7. The molecule has 0 aromatic carbocycles. The van der Waals surface area contributed by atoms with Gasteiger partial charge in [-0.15, -0.1) is 0 Å². The summed E-state index contributed by atoms with van der Waals surface area (Å²) in [6, 6.07) is 0. The molecule has 16 heavy (non-hydrogen) atoms. The summed E-state index contributed by atoms with van der Waals surface area (Å²) in [7, 11) is 1.34. The van der Waals surface area contributed by atoms with E-state index in [4.69, 9.17) is 4.74 Å². The van der Waals surface area contributed by atoms with Crippen molar-refractivity contribution in [3.63, 3.8) is 0 Å². The van der Waals surface area contributed by atoms with Gasteiger partial charge in [-0.2, -0.15) is 0 Å². The van der Waals surface area contributed by atoms with Gasteiger partial charge in [0.05, 0.1) is 25.7 Å². The zero-order chi connectivity index (χ0) is 12.1. The molecule has 1 rings (SSSR count). The number of alkyl halides is 1. The van der Waals surface area contributed by atoms with E-state index in [0.29, 0.717) is 13.2 Å². The van der Waals surface area contributed by atoms with Crippen molar-refractivity contribution < 1.29 is 19.1 Å². The number of methoxy groups -OCH3 is 1. The summed E-state index contributed by atoms with van der Waals surface area (Å²) < 4.78 is 9.53. The van der Waals surface area contributed by atoms with E-state index in [2.05, 4.69) is 10.1 Å². The topological polar surface area (TPSA) is 64.6 Å². The average molecular weight is 341 g/mol. The third-order valence-electron chi connectivity index (χ3n) is 2.48. The highest BCUT2D eigenvalue weighted by molar-refractivity contribution is 14.1. The molecule has 0 saturated carbocycles. The second-order valence-electron chi connectivity index (χ2n) is 3.81. The molecule has 1 saturated heterocycles. The van der Waals surface area contributed by atoms with Gasteiger partial charge in [0.25, 0.3) is 0 Å². The van der Waals surface area contributed by atoms with Crippen LogP contribution in [-0.2, 0) is 19.1 Å². The van der Waals surface area contributed by atoms with Gasteiger partial charge in [0.1, 0.15) is 3.92 Å². The summed E-state index contributed by atoms with van der Waals surface area (Å²) in [6.07, 6.45) is 0.891. The minimum atomic E-state index is -0.341. The number of hydrogen-bond donors (Lipinski definition) is 1. The Morgan fingerprint density at radius 1 is 1.62 bits per heavy atom. The highest BCUT2D eigenvalue weighted by atomic mass is 127. The lowest BCUT2D eigenvalue weighted by molar-refractivity contribution is -0.139. The molecule has 1 heterocycles. The van der Waals surface area contributed by atoms with Gasteiger partial charge in [0.2, 0.25) is 5.91 Å². The van der Waals surface area contributed by atoms with Gasteiger partial charge in [-0.3, -0.25) is 9.59 Å². The zero-order valence-electron chi connectivity index (χ0n) is 9.36. The Bertz CT molecular complexity index is 272. The third-order valence-corrected chi connectivity index (χ3v) is 3.43. The Labute approximate surface area is 108 Å². The second-order valence-corrected chi connectivity index (χ2v) is 5.32. The molecule has 6 heteroatoms. The lowest BCUT2D eigenvalue weighted by Crippen LogP contribution is -2.37. The van der Waals surface area contributed by atoms with Crippen LogP contribution in [0.4, 0.5) is 0 Å². The van der Waals surface area contributed by atoms with Gasteiger partial charge in [-0.05, 0) is 13.3 Å². The summed E-state index contributed by atoms with van der Waals surface area (Å²) in [5.74, 6) is -0.455. The third kappa shape index (κ3) is 3.89. The van der Waals surface area contributed by atoms with Crippen molar-refractivity contribution in [2.75, 3.05) is 20.3 Å². The summed E-state index contributed by atoms with van der Waals surface area (Å²) in [4.78, 5) is 22.8. The number of esters is 1. The molecular formula is C10H16INO4. The molecule has 3 atom stereocenters. The van der Waals surface area contributed by atoms with E-state index in [-0.39, 0.29) is 27.8 Å². The van der Waals surface area contributed by atoms with E-state index in [1.54, 1.807) is 0 Å². The monoisotopic (exact) mass is 341 g/mol.